The van der Waals surface area contributed by atoms with Crippen molar-refractivity contribution in [1.82, 2.24) is 4.98 Å². The lowest BCUT2D eigenvalue weighted by molar-refractivity contribution is -0.117. The van der Waals surface area contributed by atoms with Crippen LogP contribution in [0.2, 0.25) is 0 Å². The van der Waals surface area contributed by atoms with Gasteiger partial charge in [-0.05, 0) is 29.8 Å². The van der Waals surface area contributed by atoms with E-state index in [4.69, 9.17) is 18.9 Å². The minimum atomic E-state index is -0.578. The highest BCUT2D eigenvalue weighted by Gasteiger charge is 2.36. The summed E-state index contributed by atoms with van der Waals surface area (Å²) in [5, 5.41) is 0.646. The summed E-state index contributed by atoms with van der Waals surface area (Å²) in [4.78, 5) is 18.8. The van der Waals surface area contributed by atoms with Crippen molar-refractivity contribution in [3.05, 3.63) is 84.3 Å². The number of fused-ring (bicyclic) bond motifs is 1. The molecule has 190 valence electrons. The number of pyridine rings is 1. The first-order valence-electron chi connectivity index (χ1n) is 11.9. The zero-order chi connectivity index (χ0) is 25.9. The third kappa shape index (κ3) is 4.80. The molecule has 2 heterocycles. The van der Waals surface area contributed by atoms with E-state index in [0.29, 0.717) is 46.8 Å². The van der Waals surface area contributed by atoms with Crippen molar-refractivity contribution in [2.75, 3.05) is 32.8 Å². The van der Waals surface area contributed by atoms with E-state index >= 15 is 4.39 Å². The van der Waals surface area contributed by atoms with Crippen molar-refractivity contribution in [3.63, 3.8) is 0 Å². The third-order valence-corrected chi connectivity index (χ3v) is 6.62. The van der Waals surface area contributed by atoms with Crippen molar-refractivity contribution >= 4 is 22.5 Å². The van der Waals surface area contributed by atoms with E-state index in [1.807, 2.05) is 30.3 Å². The van der Waals surface area contributed by atoms with Gasteiger partial charge in [0.05, 0.1) is 25.8 Å². The maximum atomic E-state index is 15.2. The van der Waals surface area contributed by atoms with E-state index in [1.165, 1.54) is 19.2 Å². The van der Waals surface area contributed by atoms with Gasteiger partial charge in [-0.15, -0.1) is 0 Å². The lowest BCUT2D eigenvalue weighted by atomic mass is 9.95. The highest BCUT2D eigenvalue weighted by atomic mass is 19.1. The van der Waals surface area contributed by atoms with E-state index < -0.39 is 5.82 Å². The number of amides is 1. The molecular weight excluding hydrogens is 475 g/mol. The Labute approximate surface area is 214 Å². The molecule has 0 N–H and O–H groups in total. The SMILES string of the molecule is COc1cc2nccc(Oc3ccc(N4CC(C(OC)c5ccccc5)CC4=O)cc3F)c2cc1OC. The van der Waals surface area contributed by atoms with E-state index in [0.717, 1.165) is 5.56 Å². The highest BCUT2D eigenvalue weighted by molar-refractivity contribution is 5.96. The third-order valence-electron chi connectivity index (χ3n) is 6.62. The zero-order valence-corrected chi connectivity index (χ0v) is 20.8. The molecule has 8 heteroatoms. The summed E-state index contributed by atoms with van der Waals surface area (Å²) in [5.41, 5.74) is 2.11. The maximum Gasteiger partial charge on any atom is 0.227 e. The number of aromatic nitrogens is 1. The van der Waals surface area contributed by atoms with Gasteiger partial charge < -0.3 is 23.8 Å². The molecule has 5 rings (SSSR count). The van der Waals surface area contributed by atoms with Gasteiger partial charge in [0.15, 0.2) is 23.1 Å². The van der Waals surface area contributed by atoms with Crippen LogP contribution in [0.5, 0.6) is 23.0 Å². The molecule has 0 radical (unpaired) electrons. The largest absolute Gasteiger partial charge is 0.493 e. The van der Waals surface area contributed by atoms with E-state index in [9.17, 15) is 4.79 Å². The first-order valence-corrected chi connectivity index (χ1v) is 11.9. The second-order valence-corrected chi connectivity index (χ2v) is 8.79. The second-order valence-electron chi connectivity index (χ2n) is 8.79. The normalized spacial score (nSPS) is 16.2. The molecule has 0 bridgehead atoms. The molecule has 7 nitrogen and oxygen atoms in total. The molecule has 4 aromatic rings. The van der Waals surface area contributed by atoms with Crippen molar-refractivity contribution in [2.24, 2.45) is 5.92 Å². The maximum absolute atomic E-state index is 15.2. The molecule has 1 amide bonds. The average molecular weight is 503 g/mol. The van der Waals surface area contributed by atoms with Crippen LogP contribution in [0.4, 0.5) is 10.1 Å². The Hall–Kier alpha value is -4.17. The van der Waals surface area contributed by atoms with Crippen molar-refractivity contribution < 1.29 is 28.1 Å². The van der Waals surface area contributed by atoms with Gasteiger partial charge in [-0.25, -0.2) is 4.39 Å². The summed E-state index contributed by atoms with van der Waals surface area (Å²) < 4.78 is 37.6. The number of hydrogen-bond acceptors (Lipinski definition) is 6. The molecule has 0 saturated carbocycles. The predicted octanol–water partition coefficient (Wildman–Crippen LogP) is 5.92. The van der Waals surface area contributed by atoms with Crippen molar-refractivity contribution in [3.8, 4) is 23.0 Å². The number of benzene rings is 3. The summed E-state index contributed by atoms with van der Waals surface area (Å²) in [5.74, 6) is 0.799. The quantitative estimate of drug-likeness (QED) is 0.298. The van der Waals surface area contributed by atoms with E-state index in [2.05, 4.69) is 4.98 Å². The standard InChI is InChI=1S/C29H27FN2O5/c1-34-26-15-21-23(16-27(26)35-2)31-12-11-24(21)37-25-10-9-20(14-22(25)30)32-17-19(13-28(32)33)29(36-3)18-7-5-4-6-8-18/h4-12,14-16,19,29H,13,17H2,1-3H3. The molecule has 0 spiro atoms. The Morgan fingerprint density at radius 2 is 1.68 bits per heavy atom. The van der Waals surface area contributed by atoms with Crippen LogP contribution in [0.25, 0.3) is 10.9 Å². The number of halogens is 1. The van der Waals surface area contributed by atoms with Gasteiger partial charge in [0, 0.05) is 55.4 Å². The number of nitrogens with zero attached hydrogens (tertiary/aromatic N) is 2. The number of rotatable bonds is 8. The van der Waals surface area contributed by atoms with Crippen molar-refractivity contribution in [1.29, 1.82) is 0 Å². The Bertz CT molecular complexity index is 1430. The summed E-state index contributed by atoms with van der Waals surface area (Å²) >= 11 is 0. The summed E-state index contributed by atoms with van der Waals surface area (Å²) in [6.45, 7) is 0.433. The Morgan fingerprint density at radius 3 is 2.38 bits per heavy atom. The molecule has 3 aromatic carbocycles. The van der Waals surface area contributed by atoms with Gasteiger partial charge in [-0.1, -0.05) is 30.3 Å². The van der Waals surface area contributed by atoms with Crippen LogP contribution >= 0.6 is 0 Å². The Balaban J connectivity index is 1.38. The molecule has 1 saturated heterocycles. The lowest BCUT2D eigenvalue weighted by Gasteiger charge is -2.23. The van der Waals surface area contributed by atoms with Gasteiger partial charge >= 0.3 is 0 Å². The summed E-state index contributed by atoms with van der Waals surface area (Å²) in [6, 6.07) is 19.5. The first-order chi connectivity index (χ1) is 18.0. The van der Waals surface area contributed by atoms with Crippen LogP contribution in [0.15, 0.2) is 72.9 Å². The van der Waals surface area contributed by atoms with E-state index in [1.54, 1.807) is 49.6 Å². The zero-order valence-electron chi connectivity index (χ0n) is 20.8. The van der Waals surface area contributed by atoms with Gasteiger partial charge in [0.1, 0.15) is 5.75 Å². The molecule has 2 atom stereocenters. The number of carbonyl (C=O) groups excluding carboxylic acids is 1. The predicted molar refractivity (Wildman–Crippen MR) is 138 cm³/mol. The Kier molecular flexibility index (Phi) is 6.92. The van der Waals surface area contributed by atoms with Crippen LogP contribution in [0, 0.1) is 11.7 Å². The lowest BCUT2D eigenvalue weighted by Crippen LogP contribution is -2.25. The second kappa shape index (κ2) is 10.4. The highest BCUT2D eigenvalue weighted by Crippen LogP contribution is 2.39. The topological polar surface area (TPSA) is 70.1 Å². The molecule has 1 aromatic heterocycles. The fourth-order valence-electron chi connectivity index (χ4n) is 4.83. The monoisotopic (exact) mass is 502 g/mol. The van der Waals surface area contributed by atoms with Gasteiger partial charge in [0.25, 0.3) is 0 Å². The van der Waals surface area contributed by atoms with Crippen LogP contribution < -0.4 is 19.1 Å². The van der Waals surface area contributed by atoms with Crippen LogP contribution in [0.1, 0.15) is 18.1 Å². The first kappa shape index (κ1) is 24.5. The van der Waals surface area contributed by atoms with Crippen LogP contribution in [0.3, 0.4) is 0 Å². The Morgan fingerprint density at radius 1 is 0.919 bits per heavy atom. The fourth-order valence-corrected chi connectivity index (χ4v) is 4.83. The number of ether oxygens (including phenoxy) is 4. The molecule has 1 aliphatic heterocycles. The number of hydrogen-bond donors (Lipinski definition) is 0. The van der Waals surface area contributed by atoms with Gasteiger partial charge in [-0.3, -0.25) is 9.78 Å². The smallest absolute Gasteiger partial charge is 0.227 e. The summed E-state index contributed by atoms with van der Waals surface area (Å²) in [6.07, 6.45) is 1.68. The van der Waals surface area contributed by atoms with Gasteiger partial charge in [-0.2, -0.15) is 0 Å². The fraction of sp³-hybridized carbons (Fsp3) is 0.241. The van der Waals surface area contributed by atoms with Gasteiger partial charge in [0.2, 0.25) is 5.91 Å². The molecule has 1 aliphatic rings. The minimum Gasteiger partial charge on any atom is -0.493 e. The molecular formula is C29H27FN2O5. The summed E-state index contributed by atoms with van der Waals surface area (Å²) in [7, 11) is 4.73. The average Bonchev–Trinajstić information content (AvgIpc) is 3.31. The molecule has 37 heavy (non-hydrogen) atoms. The molecule has 0 aliphatic carbocycles. The van der Waals surface area contributed by atoms with Crippen LogP contribution in [-0.4, -0.2) is 38.8 Å². The molecule has 2 unspecified atom stereocenters. The van der Waals surface area contributed by atoms with Crippen molar-refractivity contribution in [2.45, 2.75) is 12.5 Å². The molecule has 1 fully saturated rings. The van der Waals surface area contributed by atoms with Crippen LogP contribution in [-0.2, 0) is 9.53 Å². The number of anilines is 1. The number of methoxy groups -OCH3 is 3. The number of carbonyl (C=O) groups is 1. The minimum absolute atomic E-state index is 0.0354. The van der Waals surface area contributed by atoms with E-state index in [-0.39, 0.29) is 23.7 Å².